The average molecular weight is 283 g/mol. The Morgan fingerprint density at radius 2 is 2.12 bits per heavy atom. The maximum absolute atomic E-state index is 12.1. The minimum absolute atomic E-state index is 0.187. The highest BCUT2D eigenvalue weighted by Crippen LogP contribution is 2.27. The first kappa shape index (κ1) is 11.8. The van der Waals surface area contributed by atoms with Crippen molar-refractivity contribution in [2.75, 3.05) is 6.61 Å². The molecule has 0 bridgehead atoms. The molecule has 0 aliphatic carbocycles. The van der Waals surface area contributed by atoms with E-state index in [0.717, 1.165) is 22.9 Å². The molecule has 1 aliphatic rings. The van der Waals surface area contributed by atoms with Gasteiger partial charge in [-0.1, -0.05) is 28.1 Å². The number of hydrogen-bond acceptors (Lipinski definition) is 2. The zero-order valence-electron chi connectivity index (χ0n) is 9.33. The van der Waals surface area contributed by atoms with Crippen LogP contribution in [-0.2, 0) is 16.0 Å². The summed E-state index contributed by atoms with van der Waals surface area (Å²) in [4.78, 5) is 12.1. The second-order valence-corrected chi connectivity index (χ2v) is 5.32. The Hall–Kier alpha value is -0.670. The van der Waals surface area contributed by atoms with Crippen LogP contribution in [0.1, 0.15) is 25.3 Å². The maximum Gasteiger partial charge on any atom is 0.168 e. The fraction of sp³-hybridized carbons (Fsp3) is 0.462. The highest BCUT2D eigenvalue weighted by molar-refractivity contribution is 9.10. The molecular formula is C13H15BrO2. The number of benzene rings is 1. The van der Waals surface area contributed by atoms with Crippen molar-refractivity contribution >= 4 is 21.7 Å². The normalized spacial score (nSPS) is 24.6. The summed E-state index contributed by atoms with van der Waals surface area (Å²) in [5.74, 6) is 0.187. The van der Waals surface area contributed by atoms with Crippen LogP contribution in [0.4, 0.5) is 0 Å². The molecule has 1 heterocycles. The predicted molar refractivity (Wildman–Crippen MR) is 66.4 cm³/mol. The van der Waals surface area contributed by atoms with Gasteiger partial charge in [0.25, 0.3) is 0 Å². The third-order valence-electron chi connectivity index (χ3n) is 3.09. The Morgan fingerprint density at radius 1 is 1.44 bits per heavy atom. The second kappa shape index (κ2) is 4.68. The van der Waals surface area contributed by atoms with Crippen molar-refractivity contribution in [2.45, 2.75) is 31.8 Å². The van der Waals surface area contributed by atoms with E-state index in [1.165, 1.54) is 0 Å². The third-order valence-corrected chi connectivity index (χ3v) is 3.62. The van der Waals surface area contributed by atoms with Gasteiger partial charge in [0.1, 0.15) is 5.60 Å². The van der Waals surface area contributed by atoms with Crippen LogP contribution in [-0.4, -0.2) is 18.0 Å². The van der Waals surface area contributed by atoms with Crippen LogP contribution in [0.5, 0.6) is 0 Å². The quantitative estimate of drug-likeness (QED) is 0.852. The molecule has 2 nitrogen and oxygen atoms in total. The Balaban J connectivity index is 2.04. The number of halogens is 1. The van der Waals surface area contributed by atoms with Crippen LogP contribution >= 0.6 is 15.9 Å². The van der Waals surface area contributed by atoms with Gasteiger partial charge in [-0.2, -0.15) is 0 Å². The molecule has 0 radical (unpaired) electrons. The van der Waals surface area contributed by atoms with Crippen molar-refractivity contribution in [3.8, 4) is 0 Å². The summed E-state index contributed by atoms with van der Waals surface area (Å²) < 4.78 is 6.57. The lowest BCUT2D eigenvalue weighted by Gasteiger charge is -2.21. The largest absolute Gasteiger partial charge is 0.367 e. The summed E-state index contributed by atoms with van der Waals surface area (Å²) in [6, 6.07) is 7.86. The number of rotatable bonds is 3. The summed E-state index contributed by atoms with van der Waals surface area (Å²) in [5.41, 5.74) is 0.498. The fourth-order valence-electron chi connectivity index (χ4n) is 1.97. The number of ether oxygens (including phenoxy) is 1. The molecule has 1 fully saturated rings. The summed E-state index contributed by atoms with van der Waals surface area (Å²) >= 11 is 3.38. The van der Waals surface area contributed by atoms with Gasteiger partial charge in [0.2, 0.25) is 0 Å². The minimum atomic E-state index is -0.549. The lowest BCUT2D eigenvalue weighted by molar-refractivity contribution is -0.136. The molecule has 0 saturated carbocycles. The molecule has 1 unspecified atom stereocenters. The first-order valence-corrected chi connectivity index (χ1v) is 6.31. The smallest absolute Gasteiger partial charge is 0.168 e. The summed E-state index contributed by atoms with van der Waals surface area (Å²) in [6.45, 7) is 2.61. The van der Waals surface area contributed by atoms with Crippen molar-refractivity contribution in [1.29, 1.82) is 0 Å². The Morgan fingerprint density at radius 3 is 2.69 bits per heavy atom. The van der Waals surface area contributed by atoms with E-state index >= 15 is 0 Å². The Bertz CT molecular complexity index is 377. The van der Waals surface area contributed by atoms with E-state index in [-0.39, 0.29) is 5.78 Å². The topological polar surface area (TPSA) is 26.3 Å². The SMILES string of the molecule is CC1(C(=O)Cc2ccc(Br)cc2)CCCO1. The average Bonchev–Trinajstić information content (AvgIpc) is 2.70. The van der Waals surface area contributed by atoms with Gasteiger partial charge in [-0.3, -0.25) is 4.79 Å². The van der Waals surface area contributed by atoms with Crippen molar-refractivity contribution in [2.24, 2.45) is 0 Å². The summed E-state index contributed by atoms with van der Waals surface area (Å²) in [6.07, 6.45) is 2.30. The summed E-state index contributed by atoms with van der Waals surface area (Å²) in [7, 11) is 0. The molecule has 1 atom stereocenters. The van der Waals surface area contributed by atoms with Crippen molar-refractivity contribution in [3.63, 3.8) is 0 Å². The standard InChI is InChI=1S/C13H15BrO2/c1-13(7-2-8-16-13)12(15)9-10-3-5-11(14)6-4-10/h3-6H,2,7-9H2,1H3. The molecular weight excluding hydrogens is 268 g/mol. The highest BCUT2D eigenvalue weighted by Gasteiger charge is 2.36. The number of ketones is 1. The van der Waals surface area contributed by atoms with Crippen LogP contribution in [0, 0.1) is 0 Å². The van der Waals surface area contributed by atoms with Gasteiger partial charge >= 0.3 is 0 Å². The fourth-order valence-corrected chi connectivity index (χ4v) is 2.24. The number of hydrogen-bond donors (Lipinski definition) is 0. The van der Waals surface area contributed by atoms with Gasteiger partial charge in [-0.05, 0) is 37.5 Å². The van der Waals surface area contributed by atoms with Crippen molar-refractivity contribution in [3.05, 3.63) is 34.3 Å². The highest BCUT2D eigenvalue weighted by atomic mass is 79.9. The second-order valence-electron chi connectivity index (χ2n) is 4.41. The maximum atomic E-state index is 12.1. The monoisotopic (exact) mass is 282 g/mol. The third kappa shape index (κ3) is 2.53. The molecule has 0 N–H and O–H groups in total. The first-order valence-electron chi connectivity index (χ1n) is 5.52. The van der Waals surface area contributed by atoms with E-state index in [1.54, 1.807) is 0 Å². The molecule has 0 spiro atoms. The minimum Gasteiger partial charge on any atom is -0.367 e. The van der Waals surface area contributed by atoms with E-state index in [4.69, 9.17) is 4.74 Å². The van der Waals surface area contributed by atoms with Crippen LogP contribution in [0.25, 0.3) is 0 Å². The molecule has 1 aliphatic heterocycles. The van der Waals surface area contributed by atoms with E-state index in [2.05, 4.69) is 15.9 Å². The summed E-state index contributed by atoms with van der Waals surface area (Å²) in [5, 5.41) is 0. The van der Waals surface area contributed by atoms with E-state index in [1.807, 2.05) is 31.2 Å². The van der Waals surface area contributed by atoms with Gasteiger partial charge in [0.05, 0.1) is 0 Å². The molecule has 2 rings (SSSR count). The molecule has 0 amide bonds. The molecule has 1 saturated heterocycles. The molecule has 1 aromatic rings. The van der Waals surface area contributed by atoms with Gasteiger partial charge in [0.15, 0.2) is 5.78 Å². The molecule has 3 heteroatoms. The first-order chi connectivity index (χ1) is 7.60. The van der Waals surface area contributed by atoms with E-state index < -0.39 is 5.60 Å². The van der Waals surface area contributed by atoms with Crippen LogP contribution in [0.15, 0.2) is 28.7 Å². The van der Waals surface area contributed by atoms with Crippen LogP contribution in [0.2, 0.25) is 0 Å². The van der Waals surface area contributed by atoms with Gasteiger partial charge < -0.3 is 4.74 Å². The zero-order chi connectivity index (χ0) is 11.6. The number of carbonyl (C=O) groups is 1. The van der Waals surface area contributed by atoms with Gasteiger partial charge in [-0.15, -0.1) is 0 Å². The van der Waals surface area contributed by atoms with E-state index in [9.17, 15) is 4.79 Å². The molecule has 86 valence electrons. The van der Waals surface area contributed by atoms with Crippen molar-refractivity contribution in [1.82, 2.24) is 0 Å². The number of carbonyl (C=O) groups excluding carboxylic acids is 1. The Kier molecular flexibility index (Phi) is 3.45. The van der Waals surface area contributed by atoms with Gasteiger partial charge in [-0.25, -0.2) is 0 Å². The number of Topliss-reactive ketones (excluding diaryl/α,β-unsaturated/α-hetero) is 1. The predicted octanol–water partition coefficient (Wildman–Crippen LogP) is 3.13. The van der Waals surface area contributed by atoms with Crippen LogP contribution in [0.3, 0.4) is 0 Å². The lowest BCUT2D eigenvalue weighted by Crippen LogP contribution is -2.35. The zero-order valence-corrected chi connectivity index (χ0v) is 10.9. The lowest BCUT2D eigenvalue weighted by atomic mass is 9.92. The van der Waals surface area contributed by atoms with Crippen LogP contribution < -0.4 is 0 Å². The van der Waals surface area contributed by atoms with Gasteiger partial charge in [0, 0.05) is 17.5 Å². The molecule has 1 aromatic carbocycles. The molecule has 16 heavy (non-hydrogen) atoms. The Labute approximate surface area is 104 Å². The van der Waals surface area contributed by atoms with E-state index in [0.29, 0.717) is 13.0 Å². The molecule has 0 aromatic heterocycles. The van der Waals surface area contributed by atoms with Crippen molar-refractivity contribution < 1.29 is 9.53 Å².